The first-order valence-corrected chi connectivity index (χ1v) is 3.81. The van der Waals surface area contributed by atoms with Crippen LogP contribution in [0.5, 0.6) is 0 Å². The largest absolute Gasteiger partial charge is 0.393 e. The van der Waals surface area contributed by atoms with Crippen LogP contribution in [0.15, 0.2) is 11.3 Å². The van der Waals surface area contributed by atoms with E-state index >= 15 is 0 Å². The number of primary amides is 1. The van der Waals surface area contributed by atoms with Crippen molar-refractivity contribution < 1.29 is 15.0 Å². The van der Waals surface area contributed by atoms with Crippen LogP contribution in [0.4, 0.5) is 5.82 Å². The molecular weight excluding hydrogens is 188 g/mol. The molecular formula is C7H10N4O3. The van der Waals surface area contributed by atoms with Crippen LogP contribution in [-0.4, -0.2) is 45.0 Å². The number of carbonyl (C=O) groups is 1. The molecule has 1 rings (SSSR count). The third-order valence-electron chi connectivity index (χ3n) is 1.42. The predicted molar refractivity (Wildman–Crippen MR) is 48.4 cm³/mol. The first-order valence-electron chi connectivity index (χ1n) is 3.81. The molecule has 1 aromatic heterocycles. The van der Waals surface area contributed by atoms with Crippen molar-refractivity contribution in [1.29, 1.82) is 0 Å². The zero-order valence-corrected chi connectivity index (χ0v) is 7.21. The highest BCUT2D eigenvalue weighted by Gasteiger charge is 2.09. The maximum atomic E-state index is 10.8. The van der Waals surface area contributed by atoms with Crippen LogP contribution >= 0.6 is 0 Å². The van der Waals surface area contributed by atoms with Gasteiger partial charge in [-0.05, 0) is 0 Å². The number of aliphatic hydroxyl groups is 2. The summed E-state index contributed by atoms with van der Waals surface area (Å²) in [4.78, 5) is 20.6. The van der Waals surface area contributed by atoms with Gasteiger partial charge in [0.1, 0.15) is 6.10 Å². The lowest BCUT2D eigenvalue weighted by atomic mass is 10.4. The Morgan fingerprint density at radius 1 is 1.86 bits per heavy atom. The Hall–Kier alpha value is -1.73. The second-order valence-electron chi connectivity index (χ2n) is 2.49. The number of amides is 1. The van der Waals surface area contributed by atoms with Crippen LogP contribution in [-0.2, 0) is 0 Å². The Morgan fingerprint density at radius 2 is 2.57 bits per heavy atom. The van der Waals surface area contributed by atoms with E-state index in [0.29, 0.717) is 0 Å². The normalized spacial score (nSPS) is 13.3. The van der Waals surface area contributed by atoms with Gasteiger partial charge in [0.05, 0.1) is 12.9 Å². The Morgan fingerprint density at radius 3 is 3.14 bits per heavy atom. The number of aliphatic imine (C=N–C) groups is 1. The molecule has 7 nitrogen and oxygen atoms in total. The van der Waals surface area contributed by atoms with E-state index in [1.807, 2.05) is 0 Å². The highest BCUT2D eigenvalue weighted by molar-refractivity contribution is 5.95. The zero-order valence-electron chi connectivity index (χ0n) is 7.21. The molecule has 5 N–H and O–H groups in total. The fraction of sp³-hybridized carbons (Fsp3) is 0.286. The van der Waals surface area contributed by atoms with Gasteiger partial charge in [0.15, 0.2) is 11.5 Å². The molecule has 0 aliphatic carbocycles. The molecule has 0 saturated carbocycles. The molecule has 0 spiro atoms. The van der Waals surface area contributed by atoms with Crippen molar-refractivity contribution >= 4 is 17.9 Å². The van der Waals surface area contributed by atoms with Crippen LogP contribution < -0.4 is 5.73 Å². The van der Waals surface area contributed by atoms with Crippen LogP contribution in [0.25, 0.3) is 0 Å². The number of hydrogen-bond donors (Lipinski definition) is 4. The summed E-state index contributed by atoms with van der Waals surface area (Å²) < 4.78 is 0. The van der Waals surface area contributed by atoms with Gasteiger partial charge < -0.3 is 20.9 Å². The lowest BCUT2D eigenvalue weighted by Gasteiger charge is -1.96. The topological polar surface area (TPSA) is 125 Å². The highest BCUT2D eigenvalue weighted by atomic mass is 16.3. The third kappa shape index (κ3) is 2.38. The summed E-state index contributed by atoms with van der Waals surface area (Å²) in [5.41, 5.74) is 5.06. The molecule has 7 heteroatoms. The first kappa shape index (κ1) is 10.4. The van der Waals surface area contributed by atoms with Gasteiger partial charge in [-0.15, -0.1) is 0 Å². The fourth-order valence-corrected chi connectivity index (χ4v) is 0.770. The van der Waals surface area contributed by atoms with E-state index in [-0.39, 0.29) is 11.5 Å². The van der Waals surface area contributed by atoms with E-state index in [0.717, 1.165) is 6.21 Å². The molecule has 14 heavy (non-hydrogen) atoms. The van der Waals surface area contributed by atoms with Gasteiger partial charge in [-0.25, -0.2) is 9.98 Å². The van der Waals surface area contributed by atoms with Gasteiger partial charge in [-0.2, -0.15) is 0 Å². The number of nitrogens with zero attached hydrogens (tertiary/aromatic N) is 2. The summed E-state index contributed by atoms with van der Waals surface area (Å²) in [5.74, 6) is -0.599. The monoisotopic (exact) mass is 198 g/mol. The van der Waals surface area contributed by atoms with E-state index in [9.17, 15) is 4.79 Å². The lowest BCUT2D eigenvalue weighted by molar-refractivity contribution is 0.0997. The number of aliphatic hydroxyl groups excluding tert-OH is 2. The summed E-state index contributed by atoms with van der Waals surface area (Å²) in [6.07, 6.45) is 1.26. The van der Waals surface area contributed by atoms with Gasteiger partial charge in [0.2, 0.25) is 0 Å². The molecule has 0 aromatic carbocycles. The minimum atomic E-state index is -1.08. The second kappa shape index (κ2) is 4.49. The number of carbonyl (C=O) groups excluding carboxylic acids is 1. The van der Waals surface area contributed by atoms with Crippen molar-refractivity contribution in [2.24, 2.45) is 10.7 Å². The average molecular weight is 198 g/mol. The van der Waals surface area contributed by atoms with Crippen molar-refractivity contribution in [3.05, 3.63) is 12.0 Å². The van der Waals surface area contributed by atoms with Crippen LogP contribution in [0.2, 0.25) is 0 Å². The number of rotatable bonds is 4. The quantitative estimate of drug-likeness (QED) is 0.442. The molecule has 0 aliphatic heterocycles. The summed E-state index contributed by atoms with van der Waals surface area (Å²) in [7, 11) is 0. The summed E-state index contributed by atoms with van der Waals surface area (Å²) in [5, 5.41) is 17.4. The maximum absolute atomic E-state index is 10.8. The van der Waals surface area contributed by atoms with Gasteiger partial charge in [0, 0.05) is 6.21 Å². The zero-order chi connectivity index (χ0) is 10.6. The predicted octanol–water partition coefficient (Wildman–Crippen LogP) is -1.44. The Bertz CT molecular complexity index is 346. The van der Waals surface area contributed by atoms with Crippen molar-refractivity contribution in [1.82, 2.24) is 9.97 Å². The minimum absolute atomic E-state index is 0.0615. The number of hydrogen-bond acceptors (Lipinski definition) is 5. The van der Waals surface area contributed by atoms with Gasteiger partial charge in [-0.3, -0.25) is 4.79 Å². The van der Waals surface area contributed by atoms with Crippen molar-refractivity contribution in [3.8, 4) is 0 Å². The second-order valence-corrected chi connectivity index (χ2v) is 2.49. The molecule has 76 valence electrons. The molecule has 1 amide bonds. The van der Waals surface area contributed by atoms with Gasteiger partial charge >= 0.3 is 0 Å². The summed E-state index contributed by atoms with van der Waals surface area (Å²) in [6.45, 7) is -0.445. The number of nitrogens with two attached hydrogens (primary N) is 1. The SMILES string of the molecule is NC(=O)c1[nH]cnc1/N=C/C(O)CO. The molecule has 0 radical (unpaired) electrons. The van der Waals surface area contributed by atoms with Crippen LogP contribution in [0.1, 0.15) is 10.5 Å². The number of aromatic amines is 1. The number of imidazole rings is 1. The number of nitrogens with one attached hydrogen (secondary N) is 1. The number of H-pyrrole nitrogens is 1. The lowest BCUT2D eigenvalue weighted by Crippen LogP contribution is -2.14. The van der Waals surface area contributed by atoms with Crippen LogP contribution in [0, 0.1) is 0 Å². The summed E-state index contributed by atoms with van der Waals surface area (Å²) in [6, 6.07) is 0. The maximum Gasteiger partial charge on any atom is 0.269 e. The molecule has 0 aliphatic rings. The third-order valence-corrected chi connectivity index (χ3v) is 1.42. The molecule has 1 unspecified atom stereocenters. The number of aromatic nitrogens is 2. The molecule has 0 saturated heterocycles. The minimum Gasteiger partial charge on any atom is -0.393 e. The van der Waals surface area contributed by atoms with Crippen molar-refractivity contribution in [2.45, 2.75) is 6.10 Å². The molecule has 0 fully saturated rings. The smallest absolute Gasteiger partial charge is 0.269 e. The Kier molecular flexibility index (Phi) is 3.32. The Labute approximate surface area is 79.3 Å². The van der Waals surface area contributed by atoms with E-state index in [1.165, 1.54) is 6.33 Å². The summed E-state index contributed by atoms with van der Waals surface area (Å²) >= 11 is 0. The van der Waals surface area contributed by atoms with Crippen LogP contribution in [0.3, 0.4) is 0 Å². The molecule has 0 bridgehead atoms. The van der Waals surface area contributed by atoms with Gasteiger partial charge in [-0.1, -0.05) is 0 Å². The fourth-order valence-electron chi connectivity index (χ4n) is 0.770. The average Bonchev–Trinajstić information content (AvgIpc) is 2.62. The van der Waals surface area contributed by atoms with E-state index < -0.39 is 18.6 Å². The van der Waals surface area contributed by atoms with E-state index in [1.54, 1.807) is 0 Å². The molecule has 1 aromatic rings. The first-order chi connectivity index (χ1) is 6.65. The van der Waals surface area contributed by atoms with Crippen molar-refractivity contribution in [2.75, 3.05) is 6.61 Å². The molecule has 1 atom stereocenters. The highest BCUT2D eigenvalue weighted by Crippen LogP contribution is 2.11. The standard InChI is InChI=1S/C7H10N4O3/c8-6(14)5-7(11-3-10-5)9-1-4(13)2-12/h1,3-4,12-13H,2H2,(H2,8,14)(H,10,11)/b9-1+. The molecule has 1 heterocycles. The van der Waals surface area contributed by atoms with E-state index in [2.05, 4.69) is 15.0 Å². The Balaban J connectivity index is 2.81. The van der Waals surface area contributed by atoms with E-state index in [4.69, 9.17) is 15.9 Å². The van der Waals surface area contributed by atoms with Crippen molar-refractivity contribution in [3.63, 3.8) is 0 Å². The van der Waals surface area contributed by atoms with Gasteiger partial charge in [0.25, 0.3) is 5.91 Å².